The van der Waals surface area contributed by atoms with Crippen LogP contribution in [-0.4, -0.2) is 26.9 Å². The summed E-state index contributed by atoms with van der Waals surface area (Å²) in [5.41, 5.74) is -1.39. The molecule has 1 aromatic heterocycles. The van der Waals surface area contributed by atoms with E-state index in [9.17, 15) is 23.5 Å². The van der Waals surface area contributed by atoms with Gasteiger partial charge in [0.15, 0.2) is 0 Å². The first-order valence-corrected chi connectivity index (χ1v) is 6.27. The number of aromatic hydroxyl groups is 1. The molecule has 1 aliphatic rings. The fraction of sp³-hybridized carbons (Fsp3) is 0.286. The Kier molecular flexibility index (Phi) is 2.76. The Morgan fingerprint density at radius 2 is 2.10 bits per heavy atom. The molecule has 0 aliphatic heterocycles. The third kappa shape index (κ3) is 1.88. The fourth-order valence-corrected chi connectivity index (χ4v) is 2.52. The van der Waals surface area contributed by atoms with Gasteiger partial charge in [-0.2, -0.15) is 0 Å². The Bertz CT molecular complexity index is 843. The van der Waals surface area contributed by atoms with E-state index in [2.05, 4.69) is 0 Å². The maximum Gasteiger partial charge on any atom is 0.341 e. The first-order valence-electron chi connectivity index (χ1n) is 6.27. The van der Waals surface area contributed by atoms with Crippen LogP contribution < -0.4 is 5.43 Å². The van der Waals surface area contributed by atoms with Crippen LogP contribution in [0, 0.1) is 12.7 Å². The van der Waals surface area contributed by atoms with E-state index in [-0.39, 0.29) is 22.9 Å². The number of carbonyl (C=O) groups is 1. The zero-order valence-electron chi connectivity index (χ0n) is 10.9. The van der Waals surface area contributed by atoms with Crippen LogP contribution in [0.5, 0.6) is 5.75 Å². The average molecular weight is 295 g/mol. The SMILES string of the molecule is Cc1c(F)cc(O)c2c(=O)c(C(=O)O)cn(C3CC3F)c12. The molecule has 0 saturated heterocycles. The number of carboxylic acids is 1. The zero-order valence-corrected chi connectivity index (χ0v) is 10.9. The van der Waals surface area contributed by atoms with Crippen LogP contribution in [0.3, 0.4) is 0 Å². The summed E-state index contributed by atoms with van der Waals surface area (Å²) in [5, 5.41) is 18.6. The molecule has 2 unspecified atom stereocenters. The molecule has 2 aromatic rings. The lowest BCUT2D eigenvalue weighted by Gasteiger charge is -2.15. The van der Waals surface area contributed by atoms with Gasteiger partial charge in [-0.25, -0.2) is 13.6 Å². The molecule has 2 atom stereocenters. The molecular weight excluding hydrogens is 284 g/mol. The molecular formula is C14H11F2NO4. The molecule has 3 rings (SSSR count). The number of pyridine rings is 1. The summed E-state index contributed by atoms with van der Waals surface area (Å²) in [6, 6.07) is 0.112. The maximum atomic E-state index is 13.8. The lowest BCUT2D eigenvalue weighted by atomic mass is 10.1. The number of hydrogen-bond donors (Lipinski definition) is 2. The van der Waals surface area contributed by atoms with Crippen molar-refractivity contribution in [3.05, 3.63) is 39.4 Å². The van der Waals surface area contributed by atoms with E-state index in [1.165, 1.54) is 11.5 Å². The summed E-state index contributed by atoms with van der Waals surface area (Å²) in [4.78, 5) is 23.3. The van der Waals surface area contributed by atoms with Gasteiger partial charge in [0.25, 0.3) is 0 Å². The van der Waals surface area contributed by atoms with Crippen molar-refractivity contribution in [3.8, 4) is 5.75 Å². The summed E-state index contributed by atoms with van der Waals surface area (Å²) in [7, 11) is 0. The fourth-order valence-electron chi connectivity index (χ4n) is 2.52. The van der Waals surface area contributed by atoms with Crippen molar-refractivity contribution < 1.29 is 23.8 Å². The van der Waals surface area contributed by atoms with E-state index in [0.717, 1.165) is 12.3 Å². The Labute approximate surface area is 117 Å². The number of fused-ring (bicyclic) bond motifs is 1. The monoisotopic (exact) mass is 295 g/mol. The highest BCUT2D eigenvalue weighted by atomic mass is 19.1. The molecule has 1 saturated carbocycles. The number of hydrogen-bond acceptors (Lipinski definition) is 3. The van der Waals surface area contributed by atoms with Gasteiger partial charge >= 0.3 is 5.97 Å². The average Bonchev–Trinajstić information content (AvgIpc) is 3.12. The summed E-state index contributed by atoms with van der Waals surface area (Å²) in [6.07, 6.45) is -0.00111. The summed E-state index contributed by atoms with van der Waals surface area (Å²) >= 11 is 0. The van der Waals surface area contributed by atoms with Crippen molar-refractivity contribution in [1.82, 2.24) is 4.57 Å². The van der Waals surface area contributed by atoms with Crippen LogP contribution in [0.15, 0.2) is 17.1 Å². The third-order valence-corrected chi connectivity index (χ3v) is 3.74. The van der Waals surface area contributed by atoms with Gasteiger partial charge in [-0.1, -0.05) is 0 Å². The van der Waals surface area contributed by atoms with Crippen LogP contribution in [-0.2, 0) is 0 Å². The van der Waals surface area contributed by atoms with Crippen molar-refractivity contribution in [2.45, 2.75) is 25.6 Å². The molecule has 0 amide bonds. The molecule has 1 heterocycles. The van der Waals surface area contributed by atoms with E-state index in [1.807, 2.05) is 0 Å². The maximum absolute atomic E-state index is 13.8. The number of phenolic OH excluding ortho intramolecular Hbond substituents is 1. The molecule has 110 valence electrons. The number of aryl methyl sites for hydroxylation is 1. The first-order chi connectivity index (χ1) is 9.82. The zero-order chi connectivity index (χ0) is 15.5. The number of rotatable bonds is 2. The number of phenols is 1. The largest absolute Gasteiger partial charge is 0.507 e. The van der Waals surface area contributed by atoms with Crippen LogP contribution in [0.25, 0.3) is 10.9 Å². The minimum Gasteiger partial charge on any atom is -0.507 e. The van der Waals surface area contributed by atoms with Crippen molar-refractivity contribution in [2.24, 2.45) is 0 Å². The summed E-state index contributed by atoms with van der Waals surface area (Å²) < 4.78 is 28.4. The number of halogens is 2. The molecule has 0 bridgehead atoms. The van der Waals surface area contributed by atoms with Crippen LogP contribution in [0.1, 0.15) is 28.4 Å². The summed E-state index contributed by atoms with van der Waals surface area (Å²) in [5.74, 6) is -2.87. The van der Waals surface area contributed by atoms with E-state index in [0.29, 0.717) is 0 Å². The number of aromatic carboxylic acids is 1. The molecule has 0 spiro atoms. The molecule has 2 N–H and O–H groups in total. The Hall–Kier alpha value is -2.44. The van der Waals surface area contributed by atoms with Crippen molar-refractivity contribution in [2.75, 3.05) is 0 Å². The topological polar surface area (TPSA) is 79.5 Å². The molecule has 5 nitrogen and oxygen atoms in total. The number of carboxylic acid groups (broad SMARTS) is 1. The molecule has 1 fully saturated rings. The second kappa shape index (κ2) is 4.28. The van der Waals surface area contributed by atoms with Gasteiger partial charge in [-0.3, -0.25) is 4.79 Å². The van der Waals surface area contributed by atoms with Crippen molar-refractivity contribution in [3.63, 3.8) is 0 Å². The predicted octanol–water partition coefficient (Wildman–Crippen LogP) is 2.14. The normalized spacial score (nSPS) is 20.7. The molecule has 21 heavy (non-hydrogen) atoms. The van der Waals surface area contributed by atoms with E-state index >= 15 is 0 Å². The molecule has 1 aromatic carbocycles. The highest BCUT2D eigenvalue weighted by Gasteiger charge is 2.40. The quantitative estimate of drug-likeness (QED) is 0.889. The van der Waals surface area contributed by atoms with Crippen molar-refractivity contribution in [1.29, 1.82) is 0 Å². The van der Waals surface area contributed by atoms with E-state index < -0.39 is 40.7 Å². The van der Waals surface area contributed by atoms with Crippen LogP contribution >= 0.6 is 0 Å². The Balaban J connectivity index is 2.52. The lowest BCUT2D eigenvalue weighted by Crippen LogP contribution is -2.20. The first kappa shape index (κ1) is 13.5. The van der Waals surface area contributed by atoms with E-state index in [4.69, 9.17) is 5.11 Å². The molecule has 1 aliphatic carbocycles. The van der Waals surface area contributed by atoms with Gasteiger partial charge in [-0.15, -0.1) is 0 Å². The van der Waals surface area contributed by atoms with Gasteiger partial charge < -0.3 is 14.8 Å². The Morgan fingerprint density at radius 1 is 1.48 bits per heavy atom. The molecule has 0 radical (unpaired) electrons. The summed E-state index contributed by atoms with van der Waals surface area (Å²) in [6.45, 7) is 1.39. The van der Waals surface area contributed by atoms with E-state index in [1.54, 1.807) is 0 Å². The smallest absolute Gasteiger partial charge is 0.341 e. The van der Waals surface area contributed by atoms with Crippen LogP contribution in [0.2, 0.25) is 0 Å². The van der Waals surface area contributed by atoms with Gasteiger partial charge in [0.1, 0.15) is 23.3 Å². The van der Waals surface area contributed by atoms with Gasteiger partial charge in [0.2, 0.25) is 5.43 Å². The number of benzene rings is 1. The van der Waals surface area contributed by atoms with Gasteiger partial charge in [0, 0.05) is 24.2 Å². The number of nitrogens with zero attached hydrogens (tertiary/aromatic N) is 1. The van der Waals surface area contributed by atoms with Gasteiger partial charge in [-0.05, 0) is 6.92 Å². The minimum absolute atomic E-state index is 0.0349. The standard InChI is InChI=1S/C14H11F2NO4/c1-5-7(15)3-10(18)11-12(5)17(9-2-8(9)16)4-6(13(11)19)14(20)21/h3-4,8-9,18H,2H2,1H3,(H,20,21). The number of alkyl halides is 1. The second-order valence-corrected chi connectivity index (χ2v) is 5.13. The number of aromatic nitrogens is 1. The lowest BCUT2D eigenvalue weighted by molar-refractivity contribution is 0.0694. The predicted molar refractivity (Wildman–Crippen MR) is 70.1 cm³/mol. The van der Waals surface area contributed by atoms with Gasteiger partial charge in [0.05, 0.1) is 16.9 Å². The highest BCUT2D eigenvalue weighted by molar-refractivity contribution is 5.96. The second-order valence-electron chi connectivity index (χ2n) is 5.13. The third-order valence-electron chi connectivity index (χ3n) is 3.74. The highest BCUT2D eigenvalue weighted by Crippen LogP contribution is 2.42. The Morgan fingerprint density at radius 3 is 2.62 bits per heavy atom. The molecule has 7 heteroatoms. The minimum atomic E-state index is -1.48. The van der Waals surface area contributed by atoms with Crippen LogP contribution in [0.4, 0.5) is 8.78 Å². The van der Waals surface area contributed by atoms with Crippen molar-refractivity contribution >= 4 is 16.9 Å².